The van der Waals surface area contributed by atoms with Gasteiger partial charge >= 0.3 is 0 Å². The van der Waals surface area contributed by atoms with Gasteiger partial charge < -0.3 is 5.11 Å². The third-order valence-corrected chi connectivity index (χ3v) is 3.36. The van der Waals surface area contributed by atoms with Crippen LogP contribution >= 0.6 is 23.2 Å². The fraction of sp³-hybridized carbons (Fsp3) is 0.133. The molecule has 1 N–H and O–H groups in total. The summed E-state index contributed by atoms with van der Waals surface area (Å²) in [6, 6.07) is 13.7. The van der Waals surface area contributed by atoms with Gasteiger partial charge in [-0.25, -0.2) is 0 Å². The fourth-order valence-electron chi connectivity index (χ4n) is 1.80. The van der Waals surface area contributed by atoms with Crippen molar-refractivity contribution in [1.29, 1.82) is 0 Å². The van der Waals surface area contributed by atoms with Crippen LogP contribution in [-0.2, 0) is 0 Å². The van der Waals surface area contributed by atoms with Gasteiger partial charge in [0.2, 0.25) is 0 Å². The molecular weight excluding hydrogens is 283 g/mol. The van der Waals surface area contributed by atoms with Crippen molar-refractivity contribution in [2.24, 2.45) is 0 Å². The Hall–Kier alpha value is -1.35. The van der Waals surface area contributed by atoms with Crippen LogP contribution in [0.15, 0.2) is 48.5 Å². The van der Waals surface area contributed by atoms with E-state index in [0.29, 0.717) is 21.2 Å². The number of ketones is 1. The van der Waals surface area contributed by atoms with E-state index in [0.717, 1.165) is 0 Å². The van der Waals surface area contributed by atoms with Crippen LogP contribution in [0.5, 0.6) is 0 Å². The van der Waals surface area contributed by atoms with Crippen molar-refractivity contribution >= 4 is 29.0 Å². The van der Waals surface area contributed by atoms with Gasteiger partial charge in [0.15, 0.2) is 5.78 Å². The minimum Gasteiger partial charge on any atom is -0.388 e. The maximum atomic E-state index is 12.0. The lowest BCUT2D eigenvalue weighted by Crippen LogP contribution is -2.07. The average molecular weight is 295 g/mol. The van der Waals surface area contributed by atoms with Crippen molar-refractivity contribution in [3.05, 3.63) is 69.7 Å². The molecule has 0 radical (unpaired) electrons. The maximum Gasteiger partial charge on any atom is 0.165 e. The monoisotopic (exact) mass is 294 g/mol. The Morgan fingerprint density at radius 3 is 2.42 bits per heavy atom. The summed E-state index contributed by atoms with van der Waals surface area (Å²) in [5.41, 5.74) is 1.09. The second-order valence-corrected chi connectivity index (χ2v) is 5.02. The van der Waals surface area contributed by atoms with E-state index in [1.54, 1.807) is 42.5 Å². The van der Waals surface area contributed by atoms with Crippen LogP contribution in [-0.4, -0.2) is 10.9 Å². The number of hydrogen-bond donors (Lipinski definition) is 1. The molecule has 0 saturated carbocycles. The average Bonchev–Trinajstić information content (AvgIpc) is 2.39. The molecule has 2 rings (SSSR count). The Balaban J connectivity index is 2.13. The molecule has 0 bridgehead atoms. The summed E-state index contributed by atoms with van der Waals surface area (Å²) in [6.45, 7) is 0. The summed E-state index contributed by atoms with van der Waals surface area (Å²) in [4.78, 5) is 12.0. The topological polar surface area (TPSA) is 37.3 Å². The van der Waals surface area contributed by atoms with E-state index in [1.165, 1.54) is 0 Å². The van der Waals surface area contributed by atoms with E-state index in [9.17, 15) is 9.90 Å². The predicted molar refractivity (Wildman–Crippen MR) is 76.8 cm³/mol. The number of aliphatic hydroxyl groups excluding tert-OH is 1. The van der Waals surface area contributed by atoms with Crippen molar-refractivity contribution in [1.82, 2.24) is 0 Å². The predicted octanol–water partition coefficient (Wildman–Crippen LogP) is 4.30. The molecular formula is C15H12Cl2O2. The minimum atomic E-state index is -0.933. The Morgan fingerprint density at radius 1 is 1.11 bits per heavy atom. The molecule has 2 aromatic rings. The molecule has 0 aliphatic carbocycles. The summed E-state index contributed by atoms with van der Waals surface area (Å²) < 4.78 is 0. The Kier molecular flexibility index (Phi) is 4.59. The van der Waals surface area contributed by atoms with Crippen molar-refractivity contribution in [2.75, 3.05) is 0 Å². The second kappa shape index (κ2) is 6.20. The number of Topliss-reactive ketones (excluding diaryl/α,β-unsaturated/α-hetero) is 1. The molecule has 2 aromatic carbocycles. The zero-order valence-corrected chi connectivity index (χ0v) is 11.5. The van der Waals surface area contributed by atoms with Crippen LogP contribution in [0.4, 0.5) is 0 Å². The molecule has 0 fully saturated rings. The number of aliphatic hydroxyl groups is 1. The number of carbonyl (C=O) groups is 1. The maximum absolute atomic E-state index is 12.0. The highest BCUT2D eigenvalue weighted by molar-refractivity contribution is 6.35. The molecule has 1 unspecified atom stereocenters. The van der Waals surface area contributed by atoms with E-state index < -0.39 is 6.10 Å². The van der Waals surface area contributed by atoms with Crippen LogP contribution in [0.3, 0.4) is 0 Å². The van der Waals surface area contributed by atoms with Crippen LogP contribution < -0.4 is 0 Å². The van der Waals surface area contributed by atoms with Gasteiger partial charge in [0, 0.05) is 22.0 Å². The highest BCUT2D eigenvalue weighted by Crippen LogP contribution is 2.28. The standard InChI is InChI=1S/C15H12Cl2O2/c16-11-6-7-12(13(17)8-11)15(19)9-14(18)10-4-2-1-3-5-10/h1-8,15,19H,9H2. The first-order valence-electron chi connectivity index (χ1n) is 5.79. The van der Waals surface area contributed by atoms with Crippen molar-refractivity contribution < 1.29 is 9.90 Å². The Morgan fingerprint density at radius 2 is 1.79 bits per heavy atom. The van der Waals surface area contributed by atoms with Crippen molar-refractivity contribution in [2.45, 2.75) is 12.5 Å². The minimum absolute atomic E-state index is 0.00857. The molecule has 98 valence electrons. The van der Waals surface area contributed by atoms with E-state index in [1.807, 2.05) is 6.07 Å². The Labute approximate surface area is 121 Å². The quantitative estimate of drug-likeness (QED) is 0.854. The normalized spacial score (nSPS) is 12.2. The Bertz CT molecular complexity index is 582. The largest absolute Gasteiger partial charge is 0.388 e. The number of hydrogen-bond acceptors (Lipinski definition) is 2. The molecule has 0 aliphatic heterocycles. The van der Waals surface area contributed by atoms with Gasteiger partial charge in [-0.3, -0.25) is 4.79 Å². The van der Waals surface area contributed by atoms with Gasteiger partial charge in [0.1, 0.15) is 0 Å². The number of halogens is 2. The summed E-state index contributed by atoms with van der Waals surface area (Å²) in [5.74, 6) is -0.126. The van der Waals surface area contributed by atoms with Crippen LogP contribution in [0.1, 0.15) is 28.4 Å². The number of benzene rings is 2. The molecule has 2 nitrogen and oxygen atoms in total. The molecule has 0 aliphatic rings. The zero-order valence-electron chi connectivity index (χ0n) is 10.0. The van der Waals surface area contributed by atoms with E-state index in [-0.39, 0.29) is 12.2 Å². The second-order valence-electron chi connectivity index (χ2n) is 4.17. The lowest BCUT2D eigenvalue weighted by molar-refractivity contribution is 0.0880. The SMILES string of the molecule is O=C(CC(O)c1ccc(Cl)cc1Cl)c1ccccc1. The van der Waals surface area contributed by atoms with Crippen molar-refractivity contribution in [3.63, 3.8) is 0 Å². The summed E-state index contributed by atoms with van der Waals surface area (Å²) >= 11 is 11.8. The zero-order chi connectivity index (χ0) is 13.8. The van der Waals surface area contributed by atoms with Gasteiger partial charge in [-0.15, -0.1) is 0 Å². The molecule has 0 amide bonds. The summed E-state index contributed by atoms with van der Waals surface area (Å²) in [7, 11) is 0. The van der Waals surface area contributed by atoms with Crippen LogP contribution in [0.25, 0.3) is 0 Å². The molecule has 19 heavy (non-hydrogen) atoms. The van der Waals surface area contributed by atoms with Gasteiger partial charge in [0.05, 0.1) is 6.10 Å². The molecule has 0 saturated heterocycles. The highest BCUT2D eigenvalue weighted by Gasteiger charge is 2.17. The third kappa shape index (κ3) is 3.57. The fourth-order valence-corrected chi connectivity index (χ4v) is 2.33. The van der Waals surface area contributed by atoms with E-state index in [2.05, 4.69) is 0 Å². The van der Waals surface area contributed by atoms with Gasteiger partial charge in [-0.1, -0.05) is 59.6 Å². The molecule has 4 heteroatoms. The first kappa shape index (κ1) is 14.1. The van der Waals surface area contributed by atoms with E-state index in [4.69, 9.17) is 23.2 Å². The summed E-state index contributed by atoms with van der Waals surface area (Å²) in [5, 5.41) is 10.9. The number of carbonyl (C=O) groups excluding carboxylic acids is 1. The summed E-state index contributed by atoms with van der Waals surface area (Å²) in [6.07, 6.45) is -0.941. The third-order valence-electron chi connectivity index (χ3n) is 2.80. The lowest BCUT2D eigenvalue weighted by Gasteiger charge is -2.12. The van der Waals surface area contributed by atoms with Gasteiger partial charge in [-0.2, -0.15) is 0 Å². The molecule has 0 spiro atoms. The first-order chi connectivity index (χ1) is 9.08. The van der Waals surface area contributed by atoms with Crippen molar-refractivity contribution in [3.8, 4) is 0 Å². The molecule has 0 heterocycles. The van der Waals surface area contributed by atoms with E-state index >= 15 is 0 Å². The molecule has 1 atom stereocenters. The van der Waals surface area contributed by atoms with Gasteiger partial charge in [0.25, 0.3) is 0 Å². The lowest BCUT2D eigenvalue weighted by atomic mass is 10.0. The molecule has 0 aromatic heterocycles. The first-order valence-corrected chi connectivity index (χ1v) is 6.55. The van der Waals surface area contributed by atoms with Crippen LogP contribution in [0.2, 0.25) is 10.0 Å². The smallest absolute Gasteiger partial charge is 0.165 e. The number of rotatable bonds is 4. The van der Waals surface area contributed by atoms with Crippen LogP contribution in [0, 0.1) is 0 Å². The van der Waals surface area contributed by atoms with Gasteiger partial charge in [-0.05, 0) is 17.7 Å². The highest BCUT2D eigenvalue weighted by atomic mass is 35.5.